The van der Waals surface area contributed by atoms with Gasteiger partial charge in [-0.05, 0) is 93.6 Å². The zero-order valence-corrected chi connectivity index (χ0v) is 22.7. The first-order valence-electron chi connectivity index (χ1n) is 11.6. The summed E-state index contributed by atoms with van der Waals surface area (Å²) in [6.07, 6.45) is 1.51. The standard InChI is InChI=1S/C30H24BrClN2O3/c1-3-36-28-16-21(14-24(17-33)30(35)34-27-10-6-9-26(32)19(27)2)15-25(31)29(28)37-18-20-11-12-22-7-4-5-8-23(22)13-20/h4-16H,3,18H2,1-2H3,(H,34,35)/b24-14+. The average Bonchev–Trinajstić information content (AvgIpc) is 2.89. The molecule has 0 spiro atoms. The van der Waals surface area contributed by atoms with Gasteiger partial charge >= 0.3 is 0 Å². The number of anilines is 1. The van der Waals surface area contributed by atoms with Crippen molar-refractivity contribution in [3.05, 3.63) is 105 Å². The van der Waals surface area contributed by atoms with E-state index in [0.29, 0.717) is 45.5 Å². The Hall–Kier alpha value is -3.79. The molecule has 0 radical (unpaired) electrons. The van der Waals surface area contributed by atoms with Gasteiger partial charge in [0.2, 0.25) is 0 Å². The number of ether oxygens (including phenoxy) is 2. The number of carbonyl (C=O) groups excluding carboxylic acids is 1. The molecule has 7 heteroatoms. The molecule has 1 N–H and O–H groups in total. The summed E-state index contributed by atoms with van der Waals surface area (Å²) in [4.78, 5) is 12.8. The second-order valence-electron chi connectivity index (χ2n) is 8.27. The smallest absolute Gasteiger partial charge is 0.266 e. The van der Waals surface area contributed by atoms with Gasteiger partial charge in [-0.1, -0.05) is 54.1 Å². The lowest BCUT2D eigenvalue weighted by Gasteiger charge is -2.15. The predicted octanol–water partition coefficient (Wildman–Crippen LogP) is 8.09. The van der Waals surface area contributed by atoms with Gasteiger partial charge in [-0.25, -0.2) is 0 Å². The van der Waals surface area contributed by atoms with Crippen LogP contribution in [0.4, 0.5) is 5.69 Å². The average molecular weight is 576 g/mol. The largest absolute Gasteiger partial charge is 0.490 e. The van der Waals surface area contributed by atoms with Crippen LogP contribution in [0.15, 0.2) is 82.8 Å². The Morgan fingerprint density at radius 3 is 2.59 bits per heavy atom. The number of rotatable bonds is 8. The van der Waals surface area contributed by atoms with E-state index < -0.39 is 5.91 Å². The van der Waals surface area contributed by atoms with Gasteiger partial charge in [0.05, 0.1) is 11.1 Å². The number of hydrogen-bond donors (Lipinski definition) is 1. The molecule has 0 aromatic heterocycles. The van der Waals surface area contributed by atoms with E-state index in [4.69, 9.17) is 21.1 Å². The molecule has 0 aliphatic heterocycles. The van der Waals surface area contributed by atoms with E-state index in [1.165, 1.54) is 11.5 Å². The first kappa shape index (κ1) is 26.3. The second kappa shape index (κ2) is 12.0. The van der Waals surface area contributed by atoms with E-state index >= 15 is 0 Å². The van der Waals surface area contributed by atoms with Gasteiger partial charge in [0.25, 0.3) is 5.91 Å². The lowest BCUT2D eigenvalue weighted by Crippen LogP contribution is -2.14. The molecule has 0 fully saturated rings. The first-order valence-corrected chi connectivity index (χ1v) is 12.8. The predicted molar refractivity (Wildman–Crippen MR) is 152 cm³/mol. The molecule has 1 amide bonds. The lowest BCUT2D eigenvalue weighted by molar-refractivity contribution is -0.112. The molecule has 0 aliphatic rings. The monoisotopic (exact) mass is 574 g/mol. The summed E-state index contributed by atoms with van der Waals surface area (Å²) >= 11 is 9.72. The molecule has 0 atom stereocenters. The number of carbonyl (C=O) groups is 1. The maximum atomic E-state index is 12.8. The van der Waals surface area contributed by atoms with Gasteiger partial charge < -0.3 is 14.8 Å². The van der Waals surface area contributed by atoms with Crippen molar-refractivity contribution in [1.29, 1.82) is 5.26 Å². The number of nitriles is 1. The van der Waals surface area contributed by atoms with Crippen molar-refractivity contribution in [1.82, 2.24) is 0 Å². The lowest BCUT2D eigenvalue weighted by atomic mass is 10.1. The van der Waals surface area contributed by atoms with Crippen molar-refractivity contribution in [2.24, 2.45) is 0 Å². The van der Waals surface area contributed by atoms with Gasteiger partial charge in [-0.15, -0.1) is 0 Å². The molecule has 5 nitrogen and oxygen atoms in total. The van der Waals surface area contributed by atoms with E-state index in [-0.39, 0.29) is 5.57 Å². The summed E-state index contributed by atoms with van der Waals surface area (Å²) in [6.45, 7) is 4.45. The van der Waals surface area contributed by atoms with Crippen molar-refractivity contribution in [3.8, 4) is 17.6 Å². The van der Waals surface area contributed by atoms with E-state index in [9.17, 15) is 10.1 Å². The summed E-state index contributed by atoms with van der Waals surface area (Å²) in [5.74, 6) is 0.524. The van der Waals surface area contributed by atoms with Crippen LogP contribution in [0.2, 0.25) is 5.02 Å². The van der Waals surface area contributed by atoms with Crippen LogP contribution in [0.25, 0.3) is 16.8 Å². The molecule has 4 aromatic rings. The van der Waals surface area contributed by atoms with Crippen LogP contribution < -0.4 is 14.8 Å². The van der Waals surface area contributed by atoms with Crippen molar-refractivity contribution in [2.45, 2.75) is 20.5 Å². The highest BCUT2D eigenvalue weighted by atomic mass is 79.9. The Morgan fingerprint density at radius 2 is 1.84 bits per heavy atom. The van der Waals surface area contributed by atoms with Crippen molar-refractivity contribution >= 4 is 56.0 Å². The molecule has 0 saturated carbocycles. The number of hydrogen-bond acceptors (Lipinski definition) is 4. The Bertz CT molecular complexity index is 1540. The highest BCUT2D eigenvalue weighted by Crippen LogP contribution is 2.38. The van der Waals surface area contributed by atoms with Gasteiger partial charge in [-0.3, -0.25) is 4.79 Å². The van der Waals surface area contributed by atoms with E-state index in [2.05, 4.69) is 45.5 Å². The van der Waals surface area contributed by atoms with Crippen LogP contribution in [-0.4, -0.2) is 12.5 Å². The highest BCUT2D eigenvalue weighted by molar-refractivity contribution is 9.10. The summed E-state index contributed by atoms with van der Waals surface area (Å²) in [5, 5.41) is 15.3. The summed E-state index contributed by atoms with van der Waals surface area (Å²) in [6, 6.07) is 25.1. The van der Waals surface area contributed by atoms with Crippen LogP contribution >= 0.6 is 27.5 Å². The fraction of sp³-hybridized carbons (Fsp3) is 0.133. The maximum Gasteiger partial charge on any atom is 0.266 e. The molecule has 0 aliphatic carbocycles. The highest BCUT2D eigenvalue weighted by Gasteiger charge is 2.16. The molecule has 4 rings (SSSR count). The molecular weight excluding hydrogens is 552 g/mol. The number of fused-ring (bicyclic) bond motifs is 1. The Balaban J connectivity index is 1.57. The third-order valence-corrected chi connectivity index (χ3v) is 6.72. The van der Waals surface area contributed by atoms with Crippen molar-refractivity contribution in [2.75, 3.05) is 11.9 Å². The molecule has 37 heavy (non-hydrogen) atoms. The molecule has 0 bridgehead atoms. The molecule has 0 saturated heterocycles. The molecule has 0 unspecified atom stereocenters. The van der Waals surface area contributed by atoms with Crippen LogP contribution in [0.5, 0.6) is 11.5 Å². The summed E-state index contributed by atoms with van der Waals surface area (Å²) in [7, 11) is 0. The fourth-order valence-corrected chi connectivity index (χ4v) is 4.55. The van der Waals surface area contributed by atoms with Crippen LogP contribution in [-0.2, 0) is 11.4 Å². The quantitative estimate of drug-likeness (QED) is 0.170. The minimum absolute atomic E-state index is 0.0569. The molecule has 4 aromatic carbocycles. The zero-order chi connectivity index (χ0) is 26.4. The number of benzene rings is 4. The number of nitrogens with one attached hydrogen (secondary N) is 1. The normalized spacial score (nSPS) is 11.2. The number of amides is 1. The van der Waals surface area contributed by atoms with Crippen molar-refractivity contribution < 1.29 is 14.3 Å². The third kappa shape index (κ3) is 6.32. The second-order valence-corrected chi connectivity index (χ2v) is 9.53. The van der Waals surface area contributed by atoms with Crippen LogP contribution in [0, 0.1) is 18.3 Å². The molecule has 0 heterocycles. The van der Waals surface area contributed by atoms with Gasteiger partial charge in [0.1, 0.15) is 18.2 Å². The first-order chi connectivity index (χ1) is 17.9. The Morgan fingerprint density at radius 1 is 1.05 bits per heavy atom. The third-order valence-electron chi connectivity index (χ3n) is 5.72. The topological polar surface area (TPSA) is 71.3 Å². The van der Waals surface area contributed by atoms with Gasteiger partial charge in [0.15, 0.2) is 11.5 Å². The Kier molecular flexibility index (Phi) is 8.50. The van der Waals surface area contributed by atoms with Gasteiger partial charge in [-0.2, -0.15) is 5.26 Å². The SMILES string of the molecule is CCOc1cc(/C=C(\C#N)C(=O)Nc2cccc(Cl)c2C)cc(Br)c1OCc1ccc2ccccc2c1. The fourth-order valence-electron chi connectivity index (χ4n) is 3.81. The van der Waals surface area contributed by atoms with E-state index in [1.807, 2.05) is 31.2 Å². The molecule has 186 valence electrons. The minimum Gasteiger partial charge on any atom is -0.490 e. The van der Waals surface area contributed by atoms with E-state index in [0.717, 1.165) is 16.5 Å². The summed E-state index contributed by atoms with van der Waals surface area (Å²) in [5.41, 5.74) is 2.86. The minimum atomic E-state index is -0.529. The molecular formula is C30H24BrClN2O3. The van der Waals surface area contributed by atoms with Gasteiger partial charge in [0, 0.05) is 10.7 Å². The number of nitrogens with zero attached hydrogens (tertiary/aromatic N) is 1. The summed E-state index contributed by atoms with van der Waals surface area (Å²) < 4.78 is 12.6. The van der Waals surface area contributed by atoms with E-state index in [1.54, 1.807) is 37.3 Å². The zero-order valence-electron chi connectivity index (χ0n) is 20.3. The maximum absolute atomic E-state index is 12.8. The van der Waals surface area contributed by atoms with Crippen LogP contribution in [0.3, 0.4) is 0 Å². The van der Waals surface area contributed by atoms with Crippen molar-refractivity contribution in [3.63, 3.8) is 0 Å². The van der Waals surface area contributed by atoms with Crippen LogP contribution in [0.1, 0.15) is 23.6 Å². The number of halogens is 2. The Labute approximate surface area is 229 Å².